The number of rotatable bonds is 4. The molecule has 1 saturated carbocycles. The van der Waals surface area contributed by atoms with Gasteiger partial charge in [-0.15, -0.1) is 0 Å². The highest BCUT2D eigenvalue weighted by Crippen LogP contribution is 2.27. The highest BCUT2D eigenvalue weighted by atomic mass is 79.9. The Bertz CT molecular complexity index is 308. The average Bonchev–Trinajstić information content (AvgIpc) is 2.74. The molecule has 0 unspecified atom stereocenters. The minimum atomic E-state index is 0.957. The van der Waals surface area contributed by atoms with Gasteiger partial charge in [0, 0.05) is 18.9 Å². The molecule has 1 aliphatic rings. The van der Waals surface area contributed by atoms with Gasteiger partial charge in [-0.2, -0.15) is 0 Å². The molecule has 0 saturated heterocycles. The molecule has 3 heteroatoms. The van der Waals surface area contributed by atoms with Gasteiger partial charge >= 0.3 is 0 Å². The van der Waals surface area contributed by atoms with Crippen LogP contribution in [0.4, 0.5) is 5.69 Å². The van der Waals surface area contributed by atoms with Crippen molar-refractivity contribution in [3.8, 4) is 0 Å². The molecule has 0 amide bonds. The van der Waals surface area contributed by atoms with E-state index in [1.807, 2.05) is 18.5 Å². The fourth-order valence-corrected chi connectivity index (χ4v) is 2.62. The monoisotopic (exact) mass is 268 g/mol. The Morgan fingerprint density at radius 1 is 1.40 bits per heavy atom. The Hall–Kier alpha value is -0.570. The van der Waals surface area contributed by atoms with Crippen molar-refractivity contribution >= 4 is 21.6 Å². The number of aromatic nitrogens is 1. The summed E-state index contributed by atoms with van der Waals surface area (Å²) >= 11 is 3.48. The van der Waals surface area contributed by atoms with Crippen LogP contribution in [-0.4, -0.2) is 11.5 Å². The third kappa shape index (κ3) is 3.20. The van der Waals surface area contributed by atoms with Crippen LogP contribution in [-0.2, 0) is 0 Å². The number of nitrogens with one attached hydrogen (secondary N) is 1. The van der Waals surface area contributed by atoms with E-state index in [2.05, 4.69) is 26.2 Å². The molecule has 0 atom stereocenters. The zero-order valence-electron chi connectivity index (χ0n) is 8.88. The predicted molar refractivity (Wildman–Crippen MR) is 67.0 cm³/mol. The van der Waals surface area contributed by atoms with Crippen molar-refractivity contribution in [1.82, 2.24) is 4.98 Å². The predicted octanol–water partition coefficient (Wildman–Crippen LogP) is 3.84. The summed E-state index contributed by atoms with van der Waals surface area (Å²) in [6.45, 7) is 1.08. The molecule has 1 aromatic heterocycles. The van der Waals surface area contributed by atoms with E-state index >= 15 is 0 Å². The van der Waals surface area contributed by atoms with Crippen molar-refractivity contribution in [2.45, 2.75) is 32.1 Å². The minimum absolute atomic E-state index is 0.957. The van der Waals surface area contributed by atoms with Crippen LogP contribution in [0.3, 0.4) is 0 Å². The fourth-order valence-electron chi connectivity index (χ4n) is 2.23. The van der Waals surface area contributed by atoms with Gasteiger partial charge in [0.2, 0.25) is 0 Å². The lowest BCUT2D eigenvalue weighted by atomic mass is 10.0. The molecule has 1 fully saturated rings. The minimum Gasteiger partial charge on any atom is -0.384 e. The van der Waals surface area contributed by atoms with Gasteiger partial charge in [0.25, 0.3) is 0 Å². The van der Waals surface area contributed by atoms with E-state index in [-0.39, 0.29) is 0 Å². The maximum Gasteiger partial charge on any atom is 0.0590 e. The summed E-state index contributed by atoms with van der Waals surface area (Å²) in [5.41, 5.74) is 1.16. The quantitative estimate of drug-likeness (QED) is 0.898. The van der Waals surface area contributed by atoms with Crippen molar-refractivity contribution in [2.24, 2.45) is 5.92 Å². The van der Waals surface area contributed by atoms with Crippen LogP contribution in [0.15, 0.2) is 22.9 Å². The molecule has 1 N–H and O–H groups in total. The first kappa shape index (κ1) is 10.9. The molecule has 0 aromatic carbocycles. The van der Waals surface area contributed by atoms with Gasteiger partial charge in [0.15, 0.2) is 0 Å². The first-order chi connectivity index (χ1) is 7.36. The molecule has 1 aromatic rings. The van der Waals surface area contributed by atoms with Gasteiger partial charge in [0.05, 0.1) is 10.2 Å². The molecule has 0 radical (unpaired) electrons. The normalized spacial score (nSPS) is 16.9. The number of nitrogens with zero attached hydrogens (tertiary/aromatic N) is 1. The highest BCUT2D eigenvalue weighted by molar-refractivity contribution is 9.10. The summed E-state index contributed by atoms with van der Waals surface area (Å²) in [4.78, 5) is 4.04. The Morgan fingerprint density at radius 2 is 2.20 bits per heavy atom. The van der Waals surface area contributed by atoms with E-state index in [1.165, 1.54) is 32.1 Å². The standard InChI is InChI=1S/C12H17BrN2/c13-11-9-14-7-6-12(11)15-8-5-10-3-1-2-4-10/h6-7,9-10H,1-5,8H2,(H,14,15). The summed E-state index contributed by atoms with van der Waals surface area (Å²) in [6.07, 6.45) is 10.7. The van der Waals surface area contributed by atoms with Crippen molar-refractivity contribution < 1.29 is 0 Å². The smallest absolute Gasteiger partial charge is 0.0590 e. The van der Waals surface area contributed by atoms with Crippen LogP contribution in [0.25, 0.3) is 0 Å². The number of halogens is 1. The number of hydrogen-bond donors (Lipinski definition) is 1. The lowest BCUT2D eigenvalue weighted by molar-refractivity contribution is 0.518. The average molecular weight is 269 g/mol. The van der Waals surface area contributed by atoms with Gasteiger partial charge in [-0.25, -0.2) is 0 Å². The molecule has 0 bridgehead atoms. The summed E-state index contributed by atoms with van der Waals surface area (Å²) in [5.74, 6) is 0.957. The van der Waals surface area contributed by atoms with Crippen LogP contribution in [0.1, 0.15) is 32.1 Å². The van der Waals surface area contributed by atoms with Crippen LogP contribution < -0.4 is 5.32 Å². The number of hydrogen-bond acceptors (Lipinski definition) is 2. The van der Waals surface area contributed by atoms with E-state index < -0.39 is 0 Å². The lowest BCUT2D eigenvalue weighted by Crippen LogP contribution is -2.06. The molecule has 2 rings (SSSR count). The molecular weight excluding hydrogens is 252 g/mol. The maximum atomic E-state index is 4.04. The number of anilines is 1. The van der Waals surface area contributed by atoms with E-state index in [0.717, 1.165) is 22.6 Å². The Balaban J connectivity index is 1.75. The summed E-state index contributed by atoms with van der Waals surface area (Å²) in [7, 11) is 0. The molecule has 1 heterocycles. The van der Waals surface area contributed by atoms with Crippen molar-refractivity contribution in [3.05, 3.63) is 22.9 Å². The van der Waals surface area contributed by atoms with Crippen molar-refractivity contribution in [2.75, 3.05) is 11.9 Å². The second-order valence-corrected chi connectivity index (χ2v) is 5.08. The zero-order chi connectivity index (χ0) is 10.5. The van der Waals surface area contributed by atoms with Crippen LogP contribution >= 0.6 is 15.9 Å². The zero-order valence-corrected chi connectivity index (χ0v) is 10.5. The SMILES string of the molecule is Brc1cnccc1NCCC1CCCC1. The van der Waals surface area contributed by atoms with Crippen molar-refractivity contribution in [1.29, 1.82) is 0 Å². The Labute approximate surface area is 99.6 Å². The summed E-state index contributed by atoms with van der Waals surface area (Å²) in [6, 6.07) is 2.01. The van der Waals surface area contributed by atoms with Crippen LogP contribution in [0, 0.1) is 5.92 Å². The molecule has 0 aliphatic heterocycles. The third-order valence-corrected chi connectivity index (χ3v) is 3.75. The lowest BCUT2D eigenvalue weighted by Gasteiger charge is -2.11. The van der Waals surface area contributed by atoms with E-state index in [4.69, 9.17) is 0 Å². The van der Waals surface area contributed by atoms with Crippen LogP contribution in [0.2, 0.25) is 0 Å². The van der Waals surface area contributed by atoms with Crippen molar-refractivity contribution in [3.63, 3.8) is 0 Å². The third-order valence-electron chi connectivity index (χ3n) is 3.12. The van der Waals surface area contributed by atoms with E-state index in [1.54, 1.807) is 0 Å². The van der Waals surface area contributed by atoms with Gasteiger partial charge in [-0.05, 0) is 34.3 Å². The van der Waals surface area contributed by atoms with Gasteiger partial charge in [-0.1, -0.05) is 25.7 Å². The fraction of sp³-hybridized carbons (Fsp3) is 0.583. The number of pyridine rings is 1. The largest absolute Gasteiger partial charge is 0.384 e. The highest BCUT2D eigenvalue weighted by Gasteiger charge is 2.14. The van der Waals surface area contributed by atoms with E-state index in [0.29, 0.717) is 0 Å². The summed E-state index contributed by atoms with van der Waals surface area (Å²) < 4.78 is 1.05. The molecular formula is C12H17BrN2. The Morgan fingerprint density at radius 3 is 2.93 bits per heavy atom. The van der Waals surface area contributed by atoms with Gasteiger partial charge in [-0.3, -0.25) is 4.98 Å². The van der Waals surface area contributed by atoms with Crippen LogP contribution in [0.5, 0.6) is 0 Å². The molecule has 2 nitrogen and oxygen atoms in total. The van der Waals surface area contributed by atoms with E-state index in [9.17, 15) is 0 Å². The second kappa shape index (κ2) is 5.50. The molecule has 1 aliphatic carbocycles. The first-order valence-corrected chi connectivity index (χ1v) is 6.49. The van der Waals surface area contributed by atoms with Gasteiger partial charge in [0.1, 0.15) is 0 Å². The van der Waals surface area contributed by atoms with Gasteiger partial charge < -0.3 is 5.32 Å². The topological polar surface area (TPSA) is 24.9 Å². The second-order valence-electron chi connectivity index (χ2n) is 4.22. The molecule has 82 valence electrons. The maximum absolute atomic E-state index is 4.04. The first-order valence-electron chi connectivity index (χ1n) is 5.69. The Kier molecular flexibility index (Phi) is 4.01. The molecule has 15 heavy (non-hydrogen) atoms. The molecule has 0 spiro atoms. The summed E-state index contributed by atoms with van der Waals surface area (Å²) in [5, 5.41) is 3.45.